The van der Waals surface area contributed by atoms with Crippen LogP contribution in [0.4, 0.5) is 22.9 Å². The summed E-state index contributed by atoms with van der Waals surface area (Å²) in [5, 5.41) is 12.2. The van der Waals surface area contributed by atoms with Gasteiger partial charge in [0.25, 0.3) is 5.91 Å². The molecular formula is C27H28N4O4. The molecule has 180 valence electrons. The fourth-order valence-electron chi connectivity index (χ4n) is 4.62. The van der Waals surface area contributed by atoms with Crippen LogP contribution in [0.15, 0.2) is 60.8 Å². The molecule has 2 N–H and O–H groups in total. The number of para-hydroxylation sites is 1. The van der Waals surface area contributed by atoms with Crippen molar-refractivity contribution in [3.05, 3.63) is 71.9 Å². The fourth-order valence-corrected chi connectivity index (χ4v) is 4.62. The molecule has 1 amide bonds. The number of nitrogens with zero attached hydrogens (tertiary/aromatic N) is 3. The molecule has 35 heavy (non-hydrogen) atoms. The molecule has 1 fully saturated rings. The Bertz CT molecular complexity index is 1220. The van der Waals surface area contributed by atoms with Crippen LogP contribution in [0.25, 0.3) is 0 Å². The summed E-state index contributed by atoms with van der Waals surface area (Å²) in [6.45, 7) is 4.53. The molecule has 0 saturated carbocycles. The number of ether oxygens (including phenoxy) is 1. The first-order valence-corrected chi connectivity index (χ1v) is 11.8. The van der Waals surface area contributed by atoms with Crippen LogP contribution in [-0.2, 0) is 4.79 Å². The topological polar surface area (TPSA) is 95.0 Å². The van der Waals surface area contributed by atoms with Gasteiger partial charge >= 0.3 is 5.97 Å². The molecule has 3 aromatic rings. The van der Waals surface area contributed by atoms with Gasteiger partial charge in [0, 0.05) is 30.7 Å². The van der Waals surface area contributed by atoms with Crippen molar-refractivity contribution in [2.24, 2.45) is 5.92 Å². The number of benzene rings is 2. The number of carboxylic acids is 1. The summed E-state index contributed by atoms with van der Waals surface area (Å²) in [7, 11) is 0. The number of hydrogen-bond donors (Lipinski definition) is 2. The van der Waals surface area contributed by atoms with Crippen LogP contribution in [0, 0.1) is 12.8 Å². The lowest BCUT2D eigenvalue weighted by Gasteiger charge is -2.32. The van der Waals surface area contributed by atoms with Crippen LogP contribution >= 0.6 is 0 Å². The minimum absolute atomic E-state index is 0.240. The number of carbonyl (C=O) groups is 2. The van der Waals surface area contributed by atoms with Crippen LogP contribution < -0.4 is 19.9 Å². The Morgan fingerprint density at radius 2 is 1.80 bits per heavy atom. The molecule has 0 spiro atoms. The molecule has 0 unspecified atom stereocenters. The Labute approximate surface area is 204 Å². The number of aliphatic carboxylic acids is 1. The van der Waals surface area contributed by atoms with Crippen molar-refractivity contribution in [2.45, 2.75) is 19.8 Å². The van der Waals surface area contributed by atoms with Crippen molar-refractivity contribution in [3.8, 4) is 5.75 Å². The van der Waals surface area contributed by atoms with E-state index in [1.54, 1.807) is 6.07 Å². The van der Waals surface area contributed by atoms with Gasteiger partial charge in [-0.05, 0) is 67.8 Å². The number of hydrogen-bond acceptors (Lipinski definition) is 6. The molecule has 2 aliphatic heterocycles. The zero-order valence-corrected chi connectivity index (χ0v) is 19.6. The van der Waals surface area contributed by atoms with Crippen molar-refractivity contribution in [1.82, 2.24) is 4.98 Å². The third-order valence-corrected chi connectivity index (χ3v) is 6.60. The lowest BCUT2D eigenvalue weighted by molar-refractivity contribution is -0.142. The molecule has 1 saturated heterocycles. The van der Waals surface area contributed by atoms with Gasteiger partial charge in [-0.1, -0.05) is 12.1 Å². The fraction of sp³-hybridized carbons (Fsp3) is 0.296. The summed E-state index contributed by atoms with van der Waals surface area (Å²) in [5.41, 5.74) is 4.09. The van der Waals surface area contributed by atoms with Crippen molar-refractivity contribution in [3.63, 3.8) is 0 Å². The first kappa shape index (κ1) is 22.7. The molecule has 0 atom stereocenters. The van der Waals surface area contributed by atoms with E-state index in [1.165, 1.54) is 0 Å². The molecule has 5 rings (SSSR count). The maximum absolute atomic E-state index is 13.2. The highest BCUT2D eigenvalue weighted by atomic mass is 16.5. The van der Waals surface area contributed by atoms with Crippen molar-refractivity contribution >= 4 is 34.8 Å². The number of pyridine rings is 1. The maximum Gasteiger partial charge on any atom is 0.306 e. The number of carbonyl (C=O) groups excluding carboxylic acids is 1. The zero-order chi connectivity index (χ0) is 24.4. The van der Waals surface area contributed by atoms with Gasteiger partial charge in [-0.15, -0.1) is 0 Å². The van der Waals surface area contributed by atoms with Crippen molar-refractivity contribution in [1.29, 1.82) is 0 Å². The number of nitrogens with one attached hydrogen (secondary N) is 1. The first-order chi connectivity index (χ1) is 17.0. The molecule has 8 heteroatoms. The van der Waals surface area contributed by atoms with Gasteiger partial charge in [0.15, 0.2) is 5.75 Å². The molecule has 0 bridgehead atoms. The third kappa shape index (κ3) is 4.77. The Hall–Kier alpha value is -4.07. The van der Waals surface area contributed by atoms with E-state index < -0.39 is 5.97 Å². The molecule has 3 heterocycles. The minimum Gasteiger partial charge on any atom is -0.489 e. The van der Waals surface area contributed by atoms with E-state index in [4.69, 9.17) is 4.74 Å². The Morgan fingerprint density at radius 1 is 1.03 bits per heavy atom. The zero-order valence-electron chi connectivity index (χ0n) is 19.6. The summed E-state index contributed by atoms with van der Waals surface area (Å²) in [4.78, 5) is 33.1. The minimum atomic E-state index is -0.715. The smallest absolute Gasteiger partial charge is 0.306 e. The summed E-state index contributed by atoms with van der Waals surface area (Å²) >= 11 is 0. The number of rotatable bonds is 5. The van der Waals surface area contributed by atoms with Gasteiger partial charge < -0.3 is 25.0 Å². The van der Waals surface area contributed by atoms with Gasteiger partial charge in [-0.2, -0.15) is 0 Å². The SMILES string of the molecule is Cc1ccc(N2CCOc3c(C(=O)Nc4ccc(N5CCC(C(=O)O)CC5)cc4)cccc32)nc1. The number of aryl methyl sites for hydroxylation is 1. The number of carboxylic acid groups (broad SMARTS) is 1. The highest BCUT2D eigenvalue weighted by Crippen LogP contribution is 2.38. The molecule has 2 aliphatic rings. The van der Waals surface area contributed by atoms with Crippen LogP contribution in [-0.4, -0.2) is 48.2 Å². The highest BCUT2D eigenvalue weighted by Gasteiger charge is 2.26. The largest absolute Gasteiger partial charge is 0.489 e. The third-order valence-electron chi connectivity index (χ3n) is 6.60. The van der Waals surface area contributed by atoms with E-state index in [2.05, 4.69) is 20.1 Å². The van der Waals surface area contributed by atoms with E-state index >= 15 is 0 Å². The van der Waals surface area contributed by atoms with E-state index in [0.29, 0.717) is 56.1 Å². The van der Waals surface area contributed by atoms with E-state index in [1.807, 2.05) is 61.7 Å². The van der Waals surface area contributed by atoms with Crippen LogP contribution in [0.2, 0.25) is 0 Å². The van der Waals surface area contributed by atoms with Crippen molar-refractivity contribution < 1.29 is 19.4 Å². The molecule has 2 aromatic carbocycles. The lowest BCUT2D eigenvalue weighted by Crippen LogP contribution is -2.36. The second-order valence-electron chi connectivity index (χ2n) is 8.95. The average molecular weight is 473 g/mol. The molecule has 0 radical (unpaired) electrons. The molecule has 1 aromatic heterocycles. The number of aromatic nitrogens is 1. The summed E-state index contributed by atoms with van der Waals surface area (Å²) in [6, 6.07) is 17.2. The molecule has 8 nitrogen and oxygen atoms in total. The van der Waals surface area contributed by atoms with Crippen LogP contribution in [0.3, 0.4) is 0 Å². The Kier molecular flexibility index (Phi) is 6.27. The maximum atomic E-state index is 13.2. The van der Waals surface area contributed by atoms with Gasteiger partial charge in [-0.25, -0.2) is 4.98 Å². The number of piperidine rings is 1. The van der Waals surface area contributed by atoms with Crippen LogP contribution in [0.1, 0.15) is 28.8 Å². The normalized spacial score (nSPS) is 15.8. The lowest BCUT2D eigenvalue weighted by atomic mass is 9.97. The highest BCUT2D eigenvalue weighted by molar-refractivity contribution is 6.07. The van der Waals surface area contributed by atoms with Crippen molar-refractivity contribution in [2.75, 3.05) is 41.4 Å². The van der Waals surface area contributed by atoms with E-state index in [0.717, 1.165) is 22.8 Å². The second-order valence-corrected chi connectivity index (χ2v) is 8.95. The quantitative estimate of drug-likeness (QED) is 0.566. The predicted octanol–water partition coefficient (Wildman–Crippen LogP) is 4.47. The average Bonchev–Trinajstić information content (AvgIpc) is 2.89. The number of amides is 1. The number of fused-ring (bicyclic) bond motifs is 1. The van der Waals surface area contributed by atoms with Gasteiger partial charge in [0.2, 0.25) is 0 Å². The van der Waals surface area contributed by atoms with Gasteiger partial charge in [0.1, 0.15) is 12.4 Å². The van der Waals surface area contributed by atoms with Gasteiger partial charge in [-0.3, -0.25) is 9.59 Å². The number of anilines is 4. The molecular weight excluding hydrogens is 444 g/mol. The van der Waals surface area contributed by atoms with Crippen LogP contribution in [0.5, 0.6) is 5.75 Å². The summed E-state index contributed by atoms with van der Waals surface area (Å²) < 4.78 is 5.93. The Morgan fingerprint density at radius 3 is 2.49 bits per heavy atom. The monoisotopic (exact) mass is 472 g/mol. The standard InChI is InChI=1S/C27H28N4O4/c1-18-5-10-24(28-17-18)31-15-16-35-25-22(3-2-4-23(25)31)26(32)29-20-6-8-21(9-7-20)30-13-11-19(12-14-30)27(33)34/h2-10,17,19H,11-16H2,1H3,(H,29,32)(H,33,34). The molecule has 0 aliphatic carbocycles. The Balaban J connectivity index is 1.30. The van der Waals surface area contributed by atoms with Gasteiger partial charge in [0.05, 0.1) is 23.7 Å². The second kappa shape index (κ2) is 9.66. The predicted molar refractivity (Wildman–Crippen MR) is 135 cm³/mol. The summed E-state index contributed by atoms with van der Waals surface area (Å²) in [5.74, 6) is 0.155. The van der Waals surface area contributed by atoms with E-state index in [-0.39, 0.29) is 11.8 Å². The summed E-state index contributed by atoms with van der Waals surface area (Å²) in [6.07, 6.45) is 3.11. The van der Waals surface area contributed by atoms with E-state index in [9.17, 15) is 14.7 Å². The first-order valence-electron chi connectivity index (χ1n) is 11.8.